The fraction of sp³-hybridized carbons (Fsp3) is 0.154. The number of benzene rings is 1. The van der Waals surface area contributed by atoms with Crippen molar-refractivity contribution in [2.75, 3.05) is 16.5 Å². The van der Waals surface area contributed by atoms with Crippen LogP contribution in [0.3, 0.4) is 0 Å². The number of alkyl halides is 1. The third-order valence-corrected chi connectivity index (χ3v) is 3.28. The molecule has 2 rings (SSSR count). The van der Waals surface area contributed by atoms with Crippen LogP contribution in [-0.4, -0.2) is 22.7 Å². The number of nitrogens with one attached hydrogen (secondary N) is 2. The van der Waals surface area contributed by atoms with E-state index in [0.29, 0.717) is 16.4 Å². The first-order valence-corrected chi connectivity index (χ1v) is 7.27. The average Bonchev–Trinajstić information content (AvgIpc) is 2.92. The van der Waals surface area contributed by atoms with E-state index in [1.54, 1.807) is 35.8 Å². The van der Waals surface area contributed by atoms with Crippen LogP contribution in [0.15, 0.2) is 35.8 Å². The van der Waals surface area contributed by atoms with Crippen LogP contribution in [0.25, 0.3) is 0 Å². The topological polar surface area (TPSA) is 71.1 Å². The molecule has 1 aromatic heterocycles. The molecule has 0 aliphatic carbocycles. The van der Waals surface area contributed by atoms with Crippen LogP contribution >= 0.6 is 22.9 Å². The molecular weight excluding hydrogens is 298 g/mol. The number of aromatic nitrogens is 1. The van der Waals surface area contributed by atoms with Gasteiger partial charge in [-0.1, -0.05) is 0 Å². The molecule has 0 fully saturated rings. The van der Waals surface area contributed by atoms with E-state index in [-0.39, 0.29) is 24.1 Å². The first kappa shape index (κ1) is 14.5. The maximum Gasteiger partial charge on any atom is 0.257 e. The van der Waals surface area contributed by atoms with Crippen LogP contribution < -0.4 is 10.6 Å². The van der Waals surface area contributed by atoms with Gasteiger partial charge in [0.15, 0.2) is 5.13 Å². The zero-order chi connectivity index (χ0) is 14.4. The van der Waals surface area contributed by atoms with Crippen molar-refractivity contribution in [2.24, 2.45) is 0 Å². The average molecular weight is 310 g/mol. The van der Waals surface area contributed by atoms with Crippen LogP contribution in [0, 0.1) is 0 Å². The Morgan fingerprint density at radius 2 is 1.95 bits per heavy atom. The predicted octanol–water partition coefficient (Wildman–Crippen LogP) is 2.96. The highest BCUT2D eigenvalue weighted by atomic mass is 35.5. The summed E-state index contributed by atoms with van der Waals surface area (Å²) in [5.41, 5.74) is 1.13. The van der Waals surface area contributed by atoms with E-state index >= 15 is 0 Å². The first-order valence-electron chi connectivity index (χ1n) is 5.86. The predicted molar refractivity (Wildman–Crippen MR) is 80.5 cm³/mol. The van der Waals surface area contributed by atoms with E-state index in [1.807, 2.05) is 0 Å². The fourth-order valence-corrected chi connectivity index (χ4v) is 2.16. The number of hydrogen-bond acceptors (Lipinski definition) is 4. The van der Waals surface area contributed by atoms with Crippen molar-refractivity contribution in [2.45, 2.75) is 6.42 Å². The lowest BCUT2D eigenvalue weighted by atomic mass is 10.2. The zero-order valence-corrected chi connectivity index (χ0v) is 12.0. The quantitative estimate of drug-likeness (QED) is 0.834. The van der Waals surface area contributed by atoms with Gasteiger partial charge in [0.25, 0.3) is 5.91 Å². The minimum absolute atomic E-state index is 0.153. The molecule has 0 aliphatic heterocycles. The van der Waals surface area contributed by atoms with Gasteiger partial charge in [-0.05, 0) is 24.3 Å². The van der Waals surface area contributed by atoms with Crippen LogP contribution in [0.5, 0.6) is 0 Å². The first-order chi connectivity index (χ1) is 9.69. The Labute approximate surface area is 125 Å². The van der Waals surface area contributed by atoms with Crippen LogP contribution in [0.1, 0.15) is 16.8 Å². The summed E-state index contributed by atoms with van der Waals surface area (Å²) < 4.78 is 0. The van der Waals surface area contributed by atoms with Gasteiger partial charge in [0.05, 0.1) is 0 Å². The molecule has 0 spiro atoms. The summed E-state index contributed by atoms with van der Waals surface area (Å²) in [6.07, 6.45) is 1.88. The number of thiazole rings is 1. The SMILES string of the molecule is O=C(CCCl)Nc1ccc(C(=O)Nc2nccs2)cc1. The molecule has 104 valence electrons. The van der Waals surface area contributed by atoms with Crippen LogP contribution in [0.4, 0.5) is 10.8 Å². The van der Waals surface area contributed by atoms with E-state index in [2.05, 4.69) is 15.6 Å². The van der Waals surface area contributed by atoms with Crippen molar-refractivity contribution in [3.05, 3.63) is 41.4 Å². The summed E-state index contributed by atoms with van der Waals surface area (Å²) >= 11 is 6.83. The molecule has 0 bridgehead atoms. The van der Waals surface area contributed by atoms with E-state index in [0.717, 1.165) is 0 Å². The van der Waals surface area contributed by atoms with E-state index in [1.165, 1.54) is 11.3 Å². The van der Waals surface area contributed by atoms with Crippen molar-refractivity contribution < 1.29 is 9.59 Å². The molecule has 2 N–H and O–H groups in total. The van der Waals surface area contributed by atoms with Gasteiger partial charge in [0, 0.05) is 35.1 Å². The summed E-state index contributed by atoms with van der Waals surface area (Å²) in [6.45, 7) is 0. The molecule has 2 amide bonds. The monoisotopic (exact) mass is 309 g/mol. The molecule has 0 aliphatic rings. The standard InChI is InChI=1S/C13H12ClN3O2S/c14-6-5-11(18)16-10-3-1-9(2-4-10)12(19)17-13-15-7-8-20-13/h1-4,7-8H,5-6H2,(H,16,18)(H,15,17,19). The molecule has 5 nitrogen and oxygen atoms in total. The number of rotatable bonds is 5. The Hall–Kier alpha value is -1.92. The number of carbonyl (C=O) groups excluding carboxylic acids is 2. The van der Waals surface area contributed by atoms with Crippen molar-refractivity contribution in [3.8, 4) is 0 Å². The maximum atomic E-state index is 11.9. The van der Waals surface area contributed by atoms with Gasteiger partial charge in [-0.25, -0.2) is 4.98 Å². The summed E-state index contributed by atoms with van der Waals surface area (Å²) in [4.78, 5) is 27.2. The third-order valence-electron chi connectivity index (χ3n) is 2.41. The fourth-order valence-electron chi connectivity index (χ4n) is 1.47. The summed E-state index contributed by atoms with van der Waals surface area (Å²) in [5.74, 6) is -0.112. The van der Waals surface area contributed by atoms with Gasteiger partial charge in [0.1, 0.15) is 0 Å². The van der Waals surface area contributed by atoms with Gasteiger partial charge < -0.3 is 5.32 Å². The van der Waals surface area contributed by atoms with E-state index < -0.39 is 0 Å². The highest BCUT2D eigenvalue weighted by Gasteiger charge is 2.08. The molecule has 7 heteroatoms. The lowest BCUT2D eigenvalue weighted by Crippen LogP contribution is -2.13. The van der Waals surface area contributed by atoms with Gasteiger partial charge in [-0.3, -0.25) is 14.9 Å². The number of carbonyl (C=O) groups is 2. The molecule has 0 saturated carbocycles. The number of halogens is 1. The molecule has 20 heavy (non-hydrogen) atoms. The number of amides is 2. The summed E-state index contributed by atoms with van der Waals surface area (Å²) in [5, 5.41) is 7.70. The van der Waals surface area contributed by atoms with Crippen molar-refractivity contribution >= 4 is 45.6 Å². The van der Waals surface area contributed by atoms with Gasteiger partial charge in [0.2, 0.25) is 5.91 Å². The Morgan fingerprint density at radius 3 is 2.55 bits per heavy atom. The summed E-state index contributed by atoms with van der Waals surface area (Å²) in [6, 6.07) is 6.62. The number of nitrogens with zero attached hydrogens (tertiary/aromatic N) is 1. The molecule has 1 aromatic carbocycles. The number of anilines is 2. The van der Waals surface area contributed by atoms with Crippen molar-refractivity contribution in [3.63, 3.8) is 0 Å². The molecule has 2 aromatic rings. The highest BCUT2D eigenvalue weighted by molar-refractivity contribution is 7.13. The van der Waals surface area contributed by atoms with Gasteiger partial charge in [-0.2, -0.15) is 0 Å². The second-order valence-electron chi connectivity index (χ2n) is 3.86. The molecule has 1 heterocycles. The normalized spacial score (nSPS) is 10.1. The molecule has 0 radical (unpaired) electrons. The Balaban J connectivity index is 1.97. The second-order valence-corrected chi connectivity index (χ2v) is 5.13. The second kappa shape index (κ2) is 7.02. The largest absolute Gasteiger partial charge is 0.326 e. The maximum absolute atomic E-state index is 11.9. The summed E-state index contributed by atoms with van der Waals surface area (Å²) in [7, 11) is 0. The number of hydrogen-bond donors (Lipinski definition) is 2. The minimum Gasteiger partial charge on any atom is -0.326 e. The molecule has 0 unspecified atom stereocenters. The third kappa shape index (κ3) is 4.04. The van der Waals surface area contributed by atoms with Crippen LogP contribution in [-0.2, 0) is 4.79 Å². The zero-order valence-electron chi connectivity index (χ0n) is 10.4. The molecule has 0 atom stereocenters. The van der Waals surface area contributed by atoms with Gasteiger partial charge in [-0.15, -0.1) is 22.9 Å². The molecular formula is C13H12ClN3O2S. The van der Waals surface area contributed by atoms with Crippen LogP contribution in [0.2, 0.25) is 0 Å². The molecule has 0 saturated heterocycles. The van der Waals surface area contributed by atoms with E-state index in [9.17, 15) is 9.59 Å². The Kier molecular flexibility index (Phi) is 5.09. The lowest BCUT2D eigenvalue weighted by molar-refractivity contribution is -0.115. The highest BCUT2D eigenvalue weighted by Crippen LogP contribution is 2.14. The van der Waals surface area contributed by atoms with E-state index in [4.69, 9.17) is 11.6 Å². The van der Waals surface area contributed by atoms with Crippen molar-refractivity contribution in [1.82, 2.24) is 4.98 Å². The smallest absolute Gasteiger partial charge is 0.257 e. The Morgan fingerprint density at radius 1 is 1.20 bits per heavy atom. The van der Waals surface area contributed by atoms with Gasteiger partial charge >= 0.3 is 0 Å². The minimum atomic E-state index is -0.237. The lowest BCUT2D eigenvalue weighted by Gasteiger charge is -2.05. The van der Waals surface area contributed by atoms with Crippen molar-refractivity contribution in [1.29, 1.82) is 0 Å². The Bertz CT molecular complexity index is 584.